The van der Waals surface area contributed by atoms with Gasteiger partial charge in [-0.25, -0.2) is 0 Å². The second-order valence-electron chi connectivity index (χ2n) is 1.26. The molecule has 0 bridgehead atoms. The van der Waals surface area contributed by atoms with E-state index < -0.39 is 5.92 Å². The summed E-state index contributed by atoms with van der Waals surface area (Å²) in [5.41, 5.74) is 0. The van der Waals surface area contributed by atoms with Crippen LogP contribution >= 0.6 is 0 Å². The molecule has 0 aromatic carbocycles. The molecule has 0 rings (SSSR count). The first-order valence-corrected chi connectivity index (χ1v) is 2.27. The van der Waals surface area contributed by atoms with Crippen LogP contribution in [-0.4, -0.2) is 0 Å². The monoisotopic (exact) mass is 106 g/mol. The van der Waals surface area contributed by atoms with Crippen molar-refractivity contribution >= 4 is 0 Å². The molecule has 0 atom stereocenters. The van der Waals surface area contributed by atoms with Gasteiger partial charge in [0.2, 0.25) is 0 Å². The number of hydrogen-bond acceptors (Lipinski definition) is 2. The van der Waals surface area contributed by atoms with Crippen molar-refractivity contribution in [3.63, 3.8) is 0 Å². The van der Waals surface area contributed by atoms with E-state index in [1.54, 1.807) is 31.2 Å². The van der Waals surface area contributed by atoms with Gasteiger partial charge in [0.15, 0.2) is 5.92 Å². The fourth-order valence-electron chi connectivity index (χ4n) is 0.307. The summed E-state index contributed by atoms with van der Waals surface area (Å²) in [6.45, 7) is 1.78. The molecule has 0 aliphatic heterocycles. The quantitative estimate of drug-likeness (QED) is 0.472. The van der Waals surface area contributed by atoms with E-state index in [1.807, 2.05) is 0 Å². The Bertz CT molecular complexity index is 142. The van der Waals surface area contributed by atoms with Crippen molar-refractivity contribution in [2.75, 3.05) is 0 Å². The summed E-state index contributed by atoms with van der Waals surface area (Å²) in [5.74, 6) is -0.569. The van der Waals surface area contributed by atoms with Gasteiger partial charge in [-0.1, -0.05) is 12.2 Å². The lowest BCUT2D eigenvalue weighted by molar-refractivity contribution is 1.09. The Morgan fingerprint density at radius 2 is 1.88 bits per heavy atom. The van der Waals surface area contributed by atoms with Crippen LogP contribution in [0.15, 0.2) is 12.2 Å². The third-order valence-electron chi connectivity index (χ3n) is 0.663. The second-order valence-corrected chi connectivity index (χ2v) is 1.26. The maximum atomic E-state index is 8.13. The van der Waals surface area contributed by atoms with Crippen LogP contribution in [0.4, 0.5) is 0 Å². The Balaban J connectivity index is 3.82. The summed E-state index contributed by atoms with van der Waals surface area (Å²) in [4.78, 5) is 0. The third-order valence-corrected chi connectivity index (χ3v) is 0.663. The van der Waals surface area contributed by atoms with Crippen LogP contribution in [-0.2, 0) is 0 Å². The number of rotatable bonds is 1. The lowest BCUT2D eigenvalue weighted by Crippen LogP contribution is -1.82. The van der Waals surface area contributed by atoms with Crippen LogP contribution in [0.1, 0.15) is 6.92 Å². The van der Waals surface area contributed by atoms with E-state index in [0.29, 0.717) is 0 Å². The normalized spacial score (nSPS) is 9.00. The van der Waals surface area contributed by atoms with Crippen molar-refractivity contribution in [3.05, 3.63) is 12.2 Å². The number of hydrogen-bond donors (Lipinski definition) is 0. The van der Waals surface area contributed by atoms with Crippen molar-refractivity contribution in [2.45, 2.75) is 6.92 Å². The van der Waals surface area contributed by atoms with E-state index in [-0.39, 0.29) is 0 Å². The summed E-state index contributed by atoms with van der Waals surface area (Å²) in [6, 6.07) is 3.61. The average Bonchev–Trinajstić information content (AvgIpc) is 1.83. The highest BCUT2D eigenvalue weighted by molar-refractivity contribution is 5.10. The summed E-state index contributed by atoms with van der Waals surface area (Å²) >= 11 is 0. The topological polar surface area (TPSA) is 47.6 Å². The lowest BCUT2D eigenvalue weighted by atomic mass is 10.2. The van der Waals surface area contributed by atoms with E-state index in [4.69, 9.17) is 10.5 Å². The Kier molecular flexibility index (Phi) is 3.27. The molecule has 2 nitrogen and oxygen atoms in total. The van der Waals surface area contributed by atoms with E-state index in [1.165, 1.54) is 0 Å². The van der Waals surface area contributed by atoms with Gasteiger partial charge in [-0.15, -0.1) is 0 Å². The SMILES string of the molecule is C/C=C/C(C#N)C#N. The molecule has 0 aromatic rings. The Morgan fingerprint density at radius 3 is 2.00 bits per heavy atom. The first kappa shape index (κ1) is 6.72. The Hall–Kier alpha value is -1.28. The molecule has 0 aliphatic rings. The van der Waals surface area contributed by atoms with E-state index >= 15 is 0 Å². The van der Waals surface area contributed by atoms with E-state index in [0.717, 1.165) is 0 Å². The average molecular weight is 106 g/mol. The fourth-order valence-corrected chi connectivity index (χ4v) is 0.307. The highest BCUT2D eigenvalue weighted by Gasteiger charge is 1.94. The summed E-state index contributed by atoms with van der Waals surface area (Å²) in [5, 5.41) is 16.3. The van der Waals surface area contributed by atoms with Crippen LogP contribution in [0.3, 0.4) is 0 Å². The molecular formula is C6H6N2. The van der Waals surface area contributed by atoms with Gasteiger partial charge in [0, 0.05) is 0 Å². The molecule has 0 amide bonds. The van der Waals surface area contributed by atoms with Crippen molar-refractivity contribution in [2.24, 2.45) is 5.92 Å². The molecule has 2 heteroatoms. The summed E-state index contributed by atoms with van der Waals surface area (Å²) in [6.07, 6.45) is 3.25. The zero-order valence-corrected chi connectivity index (χ0v) is 4.63. The molecule has 0 heterocycles. The van der Waals surface area contributed by atoms with Crippen molar-refractivity contribution in [1.29, 1.82) is 10.5 Å². The summed E-state index contributed by atoms with van der Waals surface area (Å²) < 4.78 is 0. The molecule has 0 saturated carbocycles. The first-order valence-electron chi connectivity index (χ1n) is 2.27. The maximum Gasteiger partial charge on any atom is 0.151 e. The van der Waals surface area contributed by atoms with Gasteiger partial charge in [0.05, 0.1) is 12.1 Å². The predicted molar refractivity (Wildman–Crippen MR) is 29.5 cm³/mol. The molecule has 0 fully saturated rings. The molecule has 40 valence electrons. The van der Waals surface area contributed by atoms with Gasteiger partial charge in [0.1, 0.15) is 0 Å². The van der Waals surface area contributed by atoms with E-state index in [2.05, 4.69) is 0 Å². The van der Waals surface area contributed by atoms with Gasteiger partial charge >= 0.3 is 0 Å². The highest BCUT2D eigenvalue weighted by atomic mass is 14.3. The van der Waals surface area contributed by atoms with Gasteiger partial charge < -0.3 is 0 Å². The minimum Gasteiger partial charge on any atom is -0.197 e. The molecule has 0 aromatic heterocycles. The maximum absolute atomic E-state index is 8.13. The van der Waals surface area contributed by atoms with Crippen molar-refractivity contribution in [3.8, 4) is 12.1 Å². The van der Waals surface area contributed by atoms with Gasteiger partial charge in [-0.05, 0) is 6.92 Å². The number of allylic oxidation sites excluding steroid dienone is 2. The second kappa shape index (κ2) is 3.89. The van der Waals surface area contributed by atoms with Crippen LogP contribution in [0, 0.1) is 28.6 Å². The fraction of sp³-hybridized carbons (Fsp3) is 0.333. The molecular weight excluding hydrogens is 100 g/mol. The first-order chi connectivity index (χ1) is 3.85. The molecule has 0 unspecified atom stereocenters. The molecule has 0 saturated heterocycles. The largest absolute Gasteiger partial charge is 0.197 e. The molecule has 0 radical (unpaired) electrons. The molecule has 0 aliphatic carbocycles. The van der Waals surface area contributed by atoms with Crippen LogP contribution in [0.25, 0.3) is 0 Å². The predicted octanol–water partition coefficient (Wildman–Crippen LogP) is 1.23. The van der Waals surface area contributed by atoms with Crippen molar-refractivity contribution < 1.29 is 0 Å². The zero-order valence-electron chi connectivity index (χ0n) is 4.63. The van der Waals surface area contributed by atoms with Crippen molar-refractivity contribution in [1.82, 2.24) is 0 Å². The van der Waals surface area contributed by atoms with Crippen LogP contribution in [0.2, 0.25) is 0 Å². The highest BCUT2D eigenvalue weighted by Crippen LogP contribution is 1.91. The number of nitriles is 2. The minimum atomic E-state index is -0.569. The van der Waals surface area contributed by atoms with Gasteiger partial charge in [-0.3, -0.25) is 0 Å². The molecule has 0 N–H and O–H groups in total. The minimum absolute atomic E-state index is 0.569. The van der Waals surface area contributed by atoms with Crippen LogP contribution in [0.5, 0.6) is 0 Å². The number of nitrogens with zero attached hydrogens (tertiary/aromatic N) is 2. The Labute approximate surface area is 48.7 Å². The third kappa shape index (κ3) is 2.00. The molecule has 0 spiro atoms. The standard InChI is InChI=1S/C6H6N2/c1-2-3-6(4-7)5-8/h2-3,6H,1H3/b3-2+. The van der Waals surface area contributed by atoms with Crippen LogP contribution < -0.4 is 0 Å². The van der Waals surface area contributed by atoms with Gasteiger partial charge in [-0.2, -0.15) is 10.5 Å². The van der Waals surface area contributed by atoms with Gasteiger partial charge in [0.25, 0.3) is 0 Å². The zero-order chi connectivity index (χ0) is 6.41. The lowest BCUT2D eigenvalue weighted by Gasteiger charge is -1.80. The smallest absolute Gasteiger partial charge is 0.151 e. The molecule has 8 heavy (non-hydrogen) atoms. The summed E-state index contributed by atoms with van der Waals surface area (Å²) in [7, 11) is 0. The Morgan fingerprint density at radius 1 is 1.38 bits per heavy atom. The van der Waals surface area contributed by atoms with E-state index in [9.17, 15) is 0 Å².